The molecule has 0 bridgehead atoms. The normalized spacial score (nSPS) is 25.6. The fourth-order valence-corrected chi connectivity index (χ4v) is 2.31. The number of nitrogens with zero attached hydrogens (tertiary/aromatic N) is 2. The van der Waals surface area contributed by atoms with Crippen molar-refractivity contribution in [1.82, 2.24) is 9.80 Å². The summed E-state index contributed by atoms with van der Waals surface area (Å²) in [4.78, 5) is 15.1. The summed E-state index contributed by atoms with van der Waals surface area (Å²) in [6.07, 6.45) is 1.79. The van der Waals surface area contributed by atoms with E-state index in [0.717, 1.165) is 32.2 Å². The van der Waals surface area contributed by atoms with Gasteiger partial charge in [-0.1, -0.05) is 0 Å². The van der Waals surface area contributed by atoms with Crippen LogP contribution >= 0.6 is 0 Å². The third kappa shape index (κ3) is 3.43. The molecule has 2 rings (SSSR count). The van der Waals surface area contributed by atoms with Gasteiger partial charge in [0.25, 0.3) is 0 Å². The number of aliphatic hydroxyl groups is 1. The van der Waals surface area contributed by atoms with Crippen molar-refractivity contribution in [2.45, 2.75) is 31.4 Å². The molecule has 1 aliphatic heterocycles. The Morgan fingerprint density at radius 2 is 1.88 bits per heavy atom. The fraction of sp³-hybridized carbons (Fsp3) is 0.909. The predicted molar refractivity (Wildman–Crippen MR) is 59.3 cm³/mol. The Kier molecular flexibility index (Phi) is 3.78. The topological polar surface area (TPSA) is 64.0 Å². The van der Waals surface area contributed by atoms with Gasteiger partial charge in [0.05, 0.1) is 12.5 Å². The van der Waals surface area contributed by atoms with E-state index in [9.17, 15) is 9.90 Å². The summed E-state index contributed by atoms with van der Waals surface area (Å²) in [5.74, 6) is -0.927. The van der Waals surface area contributed by atoms with Gasteiger partial charge in [-0.15, -0.1) is 0 Å². The molecule has 1 aliphatic carbocycles. The van der Waals surface area contributed by atoms with Crippen LogP contribution in [-0.2, 0) is 4.79 Å². The number of β-amino-alcohol motifs (C(OH)–C–C–N with tert-alkyl or cyclic N) is 1. The summed E-state index contributed by atoms with van der Waals surface area (Å²) < 4.78 is 0. The Labute approximate surface area is 95.6 Å². The van der Waals surface area contributed by atoms with Gasteiger partial charge < -0.3 is 10.2 Å². The molecule has 16 heavy (non-hydrogen) atoms. The molecule has 2 fully saturated rings. The molecule has 5 nitrogen and oxygen atoms in total. The van der Waals surface area contributed by atoms with E-state index in [2.05, 4.69) is 9.80 Å². The lowest BCUT2D eigenvalue weighted by Crippen LogP contribution is -2.49. The van der Waals surface area contributed by atoms with Gasteiger partial charge in [0.2, 0.25) is 0 Å². The summed E-state index contributed by atoms with van der Waals surface area (Å²) in [5, 5.41) is 18.1. The maximum absolute atomic E-state index is 10.4. The summed E-state index contributed by atoms with van der Waals surface area (Å²) in [6.45, 7) is 4.51. The van der Waals surface area contributed by atoms with Crippen molar-refractivity contribution in [1.29, 1.82) is 0 Å². The van der Waals surface area contributed by atoms with Crippen molar-refractivity contribution in [3.05, 3.63) is 0 Å². The van der Waals surface area contributed by atoms with Gasteiger partial charge in [0, 0.05) is 38.8 Å². The molecular weight excluding hydrogens is 208 g/mol. The van der Waals surface area contributed by atoms with E-state index in [0.29, 0.717) is 6.54 Å². The number of piperazine rings is 1. The first-order valence-corrected chi connectivity index (χ1v) is 6.01. The van der Waals surface area contributed by atoms with Crippen LogP contribution in [0.2, 0.25) is 0 Å². The number of carbonyl (C=O) groups is 1. The minimum atomic E-state index is -0.927. The van der Waals surface area contributed by atoms with Gasteiger partial charge in [0.15, 0.2) is 0 Å². The van der Waals surface area contributed by atoms with E-state index in [1.54, 1.807) is 0 Å². The van der Waals surface area contributed by atoms with Crippen LogP contribution in [0.3, 0.4) is 0 Å². The van der Waals surface area contributed by atoms with Crippen LogP contribution in [0.15, 0.2) is 0 Å². The Morgan fingerprint density at radius 1 is 1.25 bits per heavy atom. The van der Waals surface area contributed by atoms with Gasteiger partial charge in [-0.2, -0.15) is 0 Å². The quantitative estimate of drug-likeness (QED) is 0.670. The van der Waals surface area contributed by atoms with Crippen LogP contribution in [0.5, 0.6) is 0 Å². The van der Waals surface area contributed by atoms with E-state index in [4.69, 9.17) is 5.11 Å². The monoisotopic (exact) mass is 228 g/mol. The zero-order chi connectivity index (χ0) is 11.5. The van der Waals surface area contributed by atoms with Crippen LogP contribution in [0, 0.1) is 0 Å². The molecule has 2 N–H and O–H groups in total. The number of aliphatic carboxylic acids is 1. The molecule has 0 radical (unpaired) electrons. The van der Waals surface area contributed by atoms with Gasteiger partial charge in [-0.3, -0.25) is 14.6 Å². The molecule has 1 unspecified atom stereocenters. The second-order valence-electron chi connectivity index (χ2n) is 4.82. The SMILES string of the molecule is O=C(O)CC(O)CN1CCN(C2CC2)CC1. The van der Waals surface area contributed by atoms with Crippen LogP contribution in [-0.4, -0.2) is 70.9 Å². The van der Waals surface area contributed by atoms with Crippen molar-refractivity contribution >= 4 is 5.97 Å². The largest absolute Gasteiger partial charge is 0.481 e. The van der Waals surface area contributed by atoms with Gasteiger partial charge >= 0.3 is 5.97 Å². The summed E-state index contributed by atoms with van der Waals surface area (Å²) in [5.41, 5.74) is 0. The van der Waals surface area contributed by atoms with Crippen LogP contribution in [0.4, 0.5) is 0 Å². The van der Waals surface area contributed by atoms with Crippen LogP contribution in [0.1, 0.15) is 19.3 Å². The van der Waals surface area contributed by atoms with E-state index < -0.39 is 12.1 Å². The Morgan fingerprint density at radius 3 is 2.38 bits per heavy atom. The number of carboxylic acid groups (broad SMARTS) is 1. The highest BCUT2D eigenvalue weighted by molar-refractivity contribution is 5.67. The minimum Gasteiger partial charge on any atom is -0.481 e. The highest BCUT2D eigenvalue weighted by atomic mass is 16.4. The average molecular weight is 228 g/mol. The molecule has 0 aromatic heterocycles. The zero-order valence-corrected chi connectivity index (χ0v) is 9.51. The number of carboxylic acids is 1. The highest BCUT2D eigenvalue weighted by Gasteiger charge is 2.31. The van der Waals surface area contributed by atoms with Crippen molar-refractivity contribution in [3.8, 4) is 0 Å². The summed E-state index contributed by atoms with van der Waals surface area (Å²) >= 11 is 0. The first-order chi connectivity index (χ1) is 7.65. The second-order valence-corrected chi connectivity index (χ2v) is 4.82. The maximum Gasteiger partial charge on any atom is 0.306 e. The second kappa shape index (κ2) is 5.12. The molecule has 1 saturated heterocycles. The third-order valence-corrected chi connectivity index (χ3v) is 3.35. The lowest BCUT2D eigenvalue weighted by molar-refractivity contribution is -0.139. The predicted octanol–water partition coefficient (Wildman–Crippen LogP) is -0.398. The molecule has 0 amide bonds. The molecule has 1 heterocycles. The third-order valence-electron chi connectivity index (χ3n) is 3.35. The lowest BCUT2D eigenvalue weighted by atomic mass is 10.2. The molecular formula is C11H20N2O3. The molecule has 0 spiro atoms. The Bertz CT molecular complexity index is 248. The number of hydrogen-bond donors (Lipinski definition) is 2. The molecule has 0 aromatic carbocycles. The minimum absolute atomic E-state index is 0.150. The highest BCUT2D eigenvalue weighted by Crippen LogP contribution is 2.27. The van der Waals surface area contributed by atoms with Crippen molar-refractivity contribution in [3.63, 3.8) is 0 Å². The molecule has 2 aliphatic rings. The van der Waals surface area contributed by atoms with Crippen molar-refractivity contribution < 1.29 is 15.0 Å². The number of aliphatic hydroxyl groups excluding tert-OH is 1. The van der Waals surface area contributed by atoms with E-state index in [-0.39, 0.29) is 6.42 Å². The Balaban J connectivity index is 1.66. The molecule has 1 saturated carbocycles. The van der Waals surface area contributed by atoms with E-state index >= 15 is 0 Å². The Hall–Kier alpha value is -0.650. The molecule has 0 aromatic rings. The van der Waals surface area contributed by atoms with Crippen molar-refractivity contribution in [2.75, 3.05) is 32.7 Å². The zero-order valence-electron chi connectivity index (χ0n) is 9.51. The standard InChI is InChI=1S/C11H20N2O3/c14-10(7-11(15)16)8-12-3-5-13(6-4-12)9-1-2-9/h9-10,14H,1-8H2,(H,15,16). The van der Waals surface area contributed by atoms with E-state index in [1.807, 2.05) is 0 Å². The van der Waals surface area contributed by atoms with E-state index in [1.165, 1.54) is 12.8 Å². The number of hydrogen-bond acceptors (Lipinski definition) is 4. The van der Waals surface area contributed by atoms with Gasteiger partial charge in [-0.25, -0.2) is 0 Å². The fourth-order valence-electron chi connectivity index (χ4n) is 2.31. The summed E-state index contributed by atoms with van der Waals surface area (Å²) in [7, 11) is 0. The van der Waals surface area contributed by atoms with Gasteiger partial charge in [-0.05, 0) is 12.8 Å². The maximum atomic E-state index is 10.4. The van der Waals surface area contributed by atoms with Crippen LogP contribution < -0.4 is 0 Å². The lowest BCUT2D eigenvalue weighted by Gasteiger charge is -2.35. The smallest absolute Gasteiger partial charge is 0.306 e. The van der Waals surface area contributed by atoms with Crippen LogP contribution in [0.25, 0.3) is 0 Å². The van der Waals surface area contributed by atoms with Crippen molar-refractivity contribution in [2.24, 2.45) is 0 Å². The number of rotatable bonds is 5. The first-order valence-electron chi connectivity index (χ1n) is 6.01. The molecule has 5 heteroatoms. The van der Waals surface area contributed by atoms with Gasteiger partial charge in [0.1, 0.15) is 0 Å². The molecule has 92 valence electrons. The molecule has 1 atom stereocenters. The summed E-state index contributed by atoms with van der Waals surface area (Å²) in [6, 6.07) is 0.811. The average Bonchev–Trinajstić information content (AvgIpc) is 3.00. The first kappa shape index (κ1) is 11.8.